The number of hydrogen-bond acceptors (Lipinski definition) is 3. The van der Waals surface area contributed by atoms with Gasteiger partial charge in [0.1, 0.15) is 5.82 Å². The Kier molecular flexibility index (Phi) is 1.44. The van der Waals surface area contributed by atoms with Crippen LogP contribution in [-0.4, -0.2) is 21.6 Å². The number of nitrogens with one attached hydrogen (secondary N) is 2. The van der Waals surface area contributed by atoms with E-state index in [1.807, 2.05) is 0 Å². The molecule has 0 spiro atoms. The average Bonchev–Trinajstić information content (AvgIpc) is 2.17. The van der Waals surface area contributed by atoms with Gasteiger partial charge in [0.2, 0.25) is 5.95 Å². The number of nitrogens with zero attached hydrogens (tertiary/aromatic N) is 2. The Morgan fingerprint density at radius 1 is 1.78 bits per heavy atom. The summed E-state index contributed by atoms with van der Waals surface area (Å²) in [5, 5.41) is 8.32. The van der Waals surface area contributed by atoms with Crippen LogP contribution in [0.2, 0.25) is 0 Å². The summed E-state index contributed by atoms with van der Waals surface area (Å²) in [6.07, 6.45) is 1.45. The monoisotopic (exact) mass is 125 g/mol. The van der Waals surface area contributed by atoms with Crippen LogP contribution in [0.15, 0.2) is 0 Å². The van der Waals surface area contributed by atoms with Gasteiger partial charge in [-0.3, -0.25) is 15.2 Å². The average molecular weight is 125 g/mol. The normalized spacial score (nSPS) is 9.00. The maximum atomic E-state index is 9.65. The van der Waals surface area contributed by atoms with E-state index in [-0.39, 0.29) is 5.95 Å². The second-order valence-corrected chi connectivity index (χ2v) is 1.47. The standard InChI is InChI=1S/C4H5N4O/c1-3-6-4(5-2-9)8-7-3/h1H3,(H2,5,6,7,8,9). The number of aromatic amines is 1. The van der Waals surface area contributed by atoms with Gasteiger partial charge in [-0.2, -0.15) is 4.98 Å². The summed E-state index contributed by atoms with van der Waals surface area (Å²) in [6.45, 7) is 1.74. The highest BCUT2D eigenvalue weighted by Crippen LogP contribution is 1.92. The smallest absolute Gasteiger partial charge is 0.285 e. The van der Waals surface area contributed by atoms with E-state index in [4.69, 9.17) is 0 Å². The molecule has 0 aromatic carbocycles. The summed E-state index contributed by atoms with van der Waals surface area (Å²) in [5.41, 5.74) is 0. The second-order valence-electron chi connectivity index (χ2n) is 1.47. The van der Waals surface area contributed by atoms with Crippen molar-refractivity contribution in [3.8, 4) is 0 Å². The zero-order chi connectivity index (χ0) is 6.69. The predicted molar refractivity (Wildman–Crippen MR) is 30.4 cm³/mol. The van der Waals surface area contributed by atoms with E-state index in [1.165, 1.54) is 6.41 Å². The van der Waals surface area contributed by atoms with Gasteiger partial charge in [-0.25, -0.2) is 0 Å². The van der Waals surface area contributed by atoms with Crippen molar-refractivity contribution in [1.29, 1.82) is 0 Å². The summed E-state index contributed by atoms with van der Waals surface area (Å²) in [4.78, 5) is 13.4. The molecule has 0 aliphatic carbocycles. The van der Waals surface area contributed by atoms with Crippen molar-refractivity contribution in [3.63, 3.8) is 0 Å². The van der Waals surface area contributed by atoms with Gasteiger partial charge in [-0.05, 0) is 6.92 Å². The fourth-order valence-electron chi connectivity index (χ4n) is 0.444. The van der Waals surface area contributed by atoms with E-state index in [0.29, 0.717) is 5.82 Å². The lowest BCUT2D eigenvalue weighted by atomic mass is 10.7. The Balaban J connectivity index is 2.72. The van der Waals surface area contributed by atoms with E-state index >= 15 is 0 Å². The number of carbonyl (C=O) groups excluding carboxylic acids is 1. The van der Waals surface area contributed by atoms with E-state index in [1.54, 1.807) is 6.92 Å². The number of hydrogen-bond donors (Lipinski definition) is 2. The molecule has 0 aliphatic rings. The summed E-state index contributed by atoms with van der Waals surface area (Å²) in [5.74, 6) is 0.912. The Bertz CT molecular complexity index is 206. The van der Waals surface area contributed by atoms with Crippen LogP contribution in [0.5, 0.6) is 0 Å². The summed E-state index contributed by atoms with van der Waals surface area (Å²) < 4.78 is 0. The zero-order valence-corrected chi connectivity index (χ0v) is 4.80. The Labute approximate surface area is 51.5 Å². The first-order valence-electron chi connectivity index (χ1n) is 2.35. The van der Waals surface area contributed by atoms with Gasteiger partial charge in [0.25, 0.3) is 0 Å². The van der Waals surface area contributed by atoms with Crippen LogP contribution < -0.4 is 5.32 Å². The van der Waals surface area contributed by atoms with Gasteiger partial charge < -0.3 is 0 Å². The lowest BCUT2D eigenvalue weighted by Crippen LogP contribution is -1.94. The molecule has 0 unspecified atom stereocenters. The molecule has 5 nitrogen and oxygen atoms in total. The molecule has 1 radical (unpaired) electrons. The number of rotatable bonds is 2. The summed E-state index contributed by atoms with van der Waals surface area (Å²) in [6, 6.07) is 0. The molecule has 1 heterocycles. The number of H-pyrrole nitrogens is 1. The van der Waals surface area contributed by atoms with Gasteiger partial charge >= 0.3 is 6.41 Å². The summed E-state index contributed by atoms with van der Waals surface area (Å²) >= 11 is 0. The number of aromatic nitrogens is 3. The second kappa shape index (κ2) is 2.25. The minimum absolute atomic E-state index is 0.252. The fourth-order valence-corrected chi connectivity index (χ4v) is 0.444. The molecule has 0 atom stereocenters. The Hall–Kier alpha value is -1.39. The van der Waals surface area contributed by atoms with Crippen molar-refractivity contribution in [2.75, 3.05) is 5.32 Å². The highest BCUT2D eigenvalue weighted by molar-refractivity contribution is 5.66. The van der Waals surface area contributed by atoms with Crippen LogP contribution in [0.3, 0.4) is 0 Å². The molecule has 0 fully saturated rings. The molecule has 5 heteroatoms. The molecular formula is C4H5N4O. The van der Waals surface area contributed by atoms with Gasteiger partial charge in [0.15, 0.2) is 0 Å². The molecule has 2 N–H and O–H groups in total. The van der Waals surface area contributed by atoms with Gasteiger partial charge in [0, 0.05) is 0 Å². The maximum absolute atomic E-state index is 9.65. The topological polar surface area (TPSA) is 70.7 Å². The lowest BCUT2D eigenvalue weighted by Gasteiger charge is -1.80. The molecule has 0 aliphatic heterocycles. The summed E-state index contributed by atoms with van der Waals surface area (Å²) in [7, 11) is 0. The molecule has 1 rings (SSSR count). The van der Waals surface area contributed by atoms with Crippen molar-refractivity contribution in [3.05, 3.63) is 5.82 Å². The van der Waals surface area contributed by atoms with Crippen molar-refractivity contribution in [2.24, 2.45) is 0 Å². The third kappa shape index (κ3) is 1.25. The van der Waals surface area contributed by atoms with E-state index < -0.39 is 0 Å². The maximum Gasteiger partial charge on any atom is 0.316 e. The van der Waals surface area contributed by atoms with E-state index in [2.05, 4.69) is 20.5 Å². The molecule has 1 amide bonds. The van der Waals surface area contributed by atoms with Crippen molar-refractivity contribution in [2.45, 2.75) is 6.92 Å². The Morgan fingerprint density at radius 2 is 2.56 bits per heavy atom. The highest BCUT2D eigenvalue weighted by atomic mass is 16.1. The first-order chi connectivity index (χ1) is 4.33. The van der Waals surface area contributed by atoms with Crippen LogP contribution in [0.25, 0.3) is 0 Å². The van der Waals surface area contributed by atoms with Crippen LogP contribution in [0.4, 0.5) is 5.95 Å². The van der Waals surface area contributed by atoms with E-state index in [0.717, 1.165) is 0 Å². The molecule has 1 aromatic heterocycles. The Morgan fingerprint density at radius 3 is 3.00 bits per heavy atom. The molecular weight excluding hydrogens is 120 g/mol. The molecule has 0 saturated heterocycles. The number of anilines is 1. The molecule has 0 saturated carbocycles. The fraction of sp³-hybridized carbons (Fsp3) is 0.250. The molecule has 0 bridgehead atoms. The number of aryl methyl sites for hydroxylation is 1. The van der Waals surface area contributed by atoms with Crippen molar-refractivity contribution < 1.29 is 4.79 Å². The van der Waals surface area contributed by atoms with Crippen molar-refractivity contribution >= 4 is 12.4 Å². The van der Waals surface area contributed by atoms with Crippen LogP contribution >= 0.6 is 0 Å². The van der Waals surface area contributed by atoms with Crippen LogP contribution in [0, 0.1) is 6.92 Å². The predicted octanol–water partition coefficient (Wildman–Crippen LogP) is -0.408. The van der Waals surface area contributed by atoms with Crippen molar-refractivity contribution in [1.82, 2.24) is 15.2 Å². The quantitative estimate of drug-likeness (QED) is 0.528. The lowest BCUT2D eigenvalue weighted by molar-refractivity contribution is 0.560. The SMILES string of the molecule is Cc1nc(N[C]=O)n[nH]1. The van der Waals surface area contributed by atoms with Gasteiger partial charge in [0.05, 0.1) is 0 Å². The number of amides is 1. The minimum atomic E-state index is 0.252. The largest absolute Gasteiger partial charge is 0.316 e. The third-order valence-corrected chi connectivity index (χ3v) is 0.760. The van der Waals surface area contributed by atoms with E-state index in [9.17, 15) is 4.79 Å². The molecule has 47 valence electrons. The van der Waals surface area contributed by atoms with Gasteiger partial charge in [-0.15, -0.1) is 5.10 Å². The zero-order valence-electron chi connectivity index (χ0n) is 4.80. The van der Waals surface area contributed by atoms with Crippen LogP contribution in [0.1, 0.15) is 5.82 Å². The first kappa shape index (κ1) is 5.74. The molecule has 1 aromatic rings. The molecule has 9 heavy (non-hydrogen) atoms. The van der Waals surface area contributed by atoms with Gasteiger partial charge in [-0.1, -0.05) is 0 Å². The minimum Gasteiger partial charge on any atom is -0.285 e. The van der Waals surface area contributed by atoms with Crippen LogP contribution in [-0.2, 0) is 4.79 Å². The first-order valence-corrected chi connectivity index (χ1v) is 2.35. The third-order valence-electron chi connectivity index (χ3n) is 0.760. The highest BCUT2D eigenvalue weighted by Gasteiger charge is 1.94.